The van der Waals surface area contributed by atoms with E-state index in [0.29, 0.717) is 5.56 Å². The Labute approximate surface area is 92.8 Å². The molecule has 6 nitrogen and oxygen atoms in total. The van der Waals surface area contributed by atoms with E-state index < -0.39 is 11.0 Å². The smallest absolute Gasteiger partial charge is 0.314 e. The summed E-state index contributed by atoms with van der Waals surface area (Å²) in [6, 6.07) is 4.74. The number of hydrogen-bond acceptors (Lipinski definition) is 5. The van der Waals surface area contributed by atoms with Crippen LogP contribution in [0.5, 0.6) is 5.75 Å². The molecule has 0 radical (unpaired) electrons. The molecule has 88 valence electrons. The van der Waals surface area contributed by atoms with Crippen molar-refractivity contribution in [3.05, 3.63) is 33.9 Å². The summed E-state index contributed by atoms with van der Waals surface area (Å²) in [7, 11) is 1.37. The second kappa shape index (κ2) is 5.43. The van der Waals surface area contributed by atoms with E-state index in [0.717, 1.165) is 0 Å². The van der Waals surface area contributed by atoms with Crippen LogP contribution in [0.25, 0.3) is 0 Å². The quantitative estimate of drug-likeness (QED) is 0.561. The molecule has 1 rings (SSSR count). The van der Waals surface area contributed by atoms with Gasteiger partial charge in [-0.2, -0.15) is 0 Å². The normalized spacial score (nSPS) is 12.2. The van der Waals surface area contributed by atoms with Crippen molar-refractivity contribution >= 4 is 5.69 Å². The predicted octanol–water partition coefficient (Wildman–Crippen LogP) is 0.465. The fourth-order valence-electron chi connectivity index (χ4n) is 1.44. The number of aliphatic hydroxyl groups excluding tert-OH is 1. The van der Waals surface area contributed by atoms with Gasteiger partial charge in [0.05, 0.1) is 18.1 Å². The molecule has 0 spiro atoms. The van der Waals surface area contributed by atoms with Gasteiger partial charge in [-0.25, -0.2) is 0 Å². The van der Waals surface area contributed by atoms with Crippen molar-refractivity contribution in [2.75, 3.05) is 13.7 Å². The van der Waals surface area contributed by atoms with Gasteiger partial charge in [-0.15, -0.1) is 0 Å². The molecule has 0 amide bonds. The maximum Gasteiger partial charge on any atom is 0.314 e. The third kappa shape index (κ3) is 2.68. The van der Waals surface area contributed by atoms with Gasteiger partial charge in [-0.1, -0.05) is 12.1 Å². The number of ether oxygens (including phenoxy) is 1. The van der Waals surface area contributed by atoms with Crippen molar-refractivity contribution in [2.45, 2.75) is 12.5 Å². The van der Waals surface area contributed by atoms with E-state index in [-0.39, 0.29) is 24.4 Å². The van der Waals surface area contributed by atoms with E-state index in [1.807, 2.05) is 0 Å². The average molecular weight is 226 g/mol. The largest absolute Gasteiger partial charge is 0.490 e. The molecule has 0 bridgehead atoms. The summed E-state index contributed by atoms with van der Waals surface area (Å²) in [5.41, 5.74) is 5.57. The summed E-state index contributed by atoms with van der Waals surface area (Å²) < 4.78 is 4.91. The number of aliphatic hydroxyl groups is 1. The van der Waals surface area contributed by atoms with Crippen molar-refractivity contribution in [3.8, 4) is 5.75 Å². The van der Waals surface area contributed by atoms with Crippen LogP contribution in [-0.2, 0) is 6.42 Å². The topological polar surface area (TPSA) is 98.6 Å². The Morgan fingerprint density at radius 1 is 1.62 bits per heavy atom. The highest BCUT2D eigenvalue weighted by molar-refractivity contribution is 5.52. The molecular formula is C10H14N2O4. The number of benzene rings is 1. The number of methoxy groups -OCH3 is 1. The molecular weight excluding hydrogens is 212 g/mol. The SMILES string of the molecule is COc1cccc(CC(O)CN)c1[N+](=O)[O-]. The van der Waals surface area contributed by atoms with Gasteiger partial charge in [0.15, 0.2) is 5.75 Å². The predicted molar refractivity (Wildman–Crippen MR) is 58.4 cm³/mol. The summed E-state index contributed by atoms with van der Waals surface area (Å²) in [6.07, 6.45) is -0.643. The molecule has 0 aromatic heterocycles. The Hall–Kier alpha value is -1.66. The van der Waals surface area contributed by atoms with Gasteiger partial charge in [0, 0.05) is 18.5 Å². The first-order chi connectivity index (χ1) is 7.60. The Balaban J connectivity index is 3.12. The second-order valence-electron chi connectivity index (χ2n) is 3.32. The number of rotatable bonds is 5. The zero-order valence-electron chi connectivity index (χ0n) is 8.92. The number of nitrogens with zero attached hydrogens (tertiary/aromatic N) is 1. The van der Waals surface area contributed by atoms with Crippen LogP contribution in [0, 0.1) is 10.1 Å². The zero-order chi connectivity index (χ0) is 12.1. The minimum absolute atomic E-state index is 0.0639. The van der Waals surface area contributed by atoms with E-state index >= 15 is 0 Å². The van der Waals surface area contributed by atoms with E-state index in [4.69, 9.17) is 10.5 Å². The molecule has 1 unspecified atom stereocenters. The van der Waals surface area contributed by atoms with Crippen molar-refractivity contribution in [1.29, 1.82) is 0 Å². The maximum atomic E-state index is 10.9. The number of nitro groups is 1. The fraction of sp³-hybridized carbons (Fsp3) is 0.400. The second-order valence-corrected chi connectivity index (χ2v) is 3.32. The van der Waals surface area contributed by atoms with Gasteiger partial charge in [0.25, 0.3) is 0 Å². The highest BCUT2D eigenvalue weighted by Crippen LogP contribution is 2.31. The average Bonchev–Trinajstić information content (AvgIpc) is 2.28. The van der Waals surface area contributed by atoms with Crippen LogP contribution in [0.3, 0.4) is 0 Å². The Kier molecular flexibility index (Phi) is 4.21. The molecule has 0 aliphatic rings. The van der Waals surface area contributed by atoms with Crippen molar-refractivity contribution in [3.63, 3.8) is 0 Å². The van der Waals surface area contributed by atoms with Crippen LogP contribution in [-0.4, -0.2) is 29.8 Å². The monoisotopic (exact) mass is 226 g/mol. The van der Waals surface area contributed by atoms with E-state index in [9.17, 15) is 15.2 Å². The summed E-state index contributed by atoms with van der Waals surface area (Å²) in [6.45, 7) is 0.0639. The van der Waals surface area contributed by atoms with Gasteiger partial charge in [-0.3, -0.25) is 10.1 Å². The summed E-state index contributed by atoms with van der Waals surface area (Å²) in [5, 5.41) is 20.3. The zero-order valence-corrected chi connectivity index (χ0v) is 8.92. The van der Waals surface area contributed by atoms with Crippen molar-refractivity contribution in [1.82, 2.24) is 0 Å². The first-order valence-corrected chi connectivity index (χ1v) is 4.78. The lowest BCUT2D eigenvalue weighted by Gasteiger charge is -2.09. The Bertz CT molecular complexity index is 381. The van der Waals surface area contributed by atoms with E-state index in [2.05, 4.69) is 0 Å². The molecule has 1 aromatic carbocycles. The molecule has 6 heteroatoms. The maximum absolute atomic E-state index is 10.9. The van der Waals surface area contributed by atoms with E-state index in [1.165, 1.54) is 13.2 Å². The van der Waals surface area contributed by atoms with Gasteiger partial charge in [0.2, 0.25) is 0 Å². The summed E-state index contributed by atoms with van der Waals surface area (Å²) in [4.78, 5) is 10.4. The highest BCUT2D eigenvalue weighted by Gasteiger charge is 2.21. The number of nitrogens with two attached hydrogens (primary N) is 1. The van der Waals surface area contributed by atoms with Crippen molar-refractivity contribution in [2.24, 2.45) is 5.73 Å². The minimum atomic E-state index is -0.786. The molecule has 1 atom stereocenters. The van der Waals surface area contributed by atoms with Gasteiger partial charge >= 0.3 is 5.69 Å². The van der Waals surface area contributed by atoms with Crippen LogP contribution in [0.2, 0.25) is 0 Å². The summed E-state index contributed by atoms with van der Waals surface area (Å²) >= 11 is 0. The van der Waals surface area contributed by atoms with Crippen LogP contribution >= 0.6 is 0 Å². The van der Waals surface area contributed by atoms with Crippen LogP contribution in [0.15, 0.2) is 18.2 Å². The molecule has 3 N–H and O–H groups in total. The number of para-hydroxylation sites is 1. The molecule has 1 aromatic rings. The first kappa shape index (κ1) is 12.4. The third-order valence-corrected chi connectivity index (χ3v) is 2.21. The molecule has 0 aliphatic carbocycles. The van der Waals surface area contributed by atoms with Crippen LogP contribution in [0.4, 0.5) is 5.69 Å². The lowest BCUT2D eigenvalue weighted by Crippen LogP contribution is -2.22. The molecule has 0 heterocycles. The molecule has 0 saturated heterocycles. The highest BCUT2D eigenvalue weighted by atomic mass is 16.6. The third-order valence-electron chi connectivity index (χ3n) is 2.21. The standard InChI is InChI=1S/C10H14N2O4/c1-16-9-4-2-3-7(5-8(13)6-11)10(9)12(14)15/h2-4,8,13H,5-6,11H2,1H3. The van der Waals surface area contributed by atoms with Gasteiger partial charge < -0.3 is 15.6 Å². The van der Waals surface area contributed by atoms with E-state index in [1.54, 1.807) is 12.1 Å². The molecule has 0 saturated carbocycles. The number of hydrogen-bond donors (Lipinski definition) is 2. The number of nitro benzene ring substituents is 1. The lowest BCUT2D eigenvalue weighted by molar-refractivity contribution is -0.386. The van der Waals surface area contributed by atoms with Gasteiger partial charge in [-0.05, 0) is 6.07 Å². The van der Waals surface area contributed by atoms with Crippen LogP contribution in [0.1, 0.15) is 5.56 Å². The fourth-order valence-corrected chi connectivity index (χ4v) is 1.44. The lowest BCUT2D eigenvalue weighted by atomic mass is 10.1. The van der Waals surface area contributed by atoms with Crippen LogP contribution < -0.4 is 10.5 Å². The minimum Gasteiger partial charge on any atom is -0.490 e. The Morgan fingerprint density at radius 3 is 2.81 bits per heavy atom. The summed E-state index contributed by atoms with van der Waals surface area (Å²) in [5.74, 6) is 0.187. The molecule has 0 aliphatic heterocycles. The van der Waals surface area contributed by atoms with Gasteiger partial charge in [0.1, 0.15) is 0 Å². The molecule has 16 heavy (non-hydrogen) atoms. The Morgan fingerprint density at radius 2 is 2.31 bits per heavy atom. The van der Waals surface area contributed by atoms with Crippen molar-refractivity contribution < 1.29 is 14.8 Å². The molecule has 0 fully saturated rings. The first-order valence-electron chi connectivity index (χ1n) is 4.78.